The Balaban J connectivity index is 0.000000299. The van der Waals surface area contributed by atoms with Gasteiger partial charge in [-0.25, -0.2) is 14.6 Å². The standard InChI is InChI=1S/C22H20N4O4S.C7H9N/c1-28-20-18(31)10-15(11-23-20)13-2-3-17-14(8-13)9-16-19(24-17)26-12-22(29-6-7-30-22)4-5-25(26)21(16)27;1-6-4-2-3-5-7(6)8/h2-3,8-11,31H,4-7,12H2,1H3;2-5H,8H2,1H3. The second-order valence-corrected chi connectivity index (χ2v) is 10.2. The third-order valence-corrected chi connectivity index (χ3v) is 7.57. The molecule has 1 saturated heterocycles. The Morgan fingerprint density at radius 2 is 1.85 bits per heavy atom. The summed E-state index contributed by atoms with van der Waals surface area (Å²) < 4.78 is 20.6. The number of benzene rings is 2. The highest BCUT2D eigenvalue weighted by molar-refractivity contribution is 7.80. The van der Waals surface area contributed by atoms with Crippen LogP contribution >= 0.6 is 12.6 Å². The molecule has 0 atom stereocenters. The lowest BCUT2D eigenvalue weighted by molar-refractivity contribution is -0.187. The summed E-state index contributed by atoms with van der Waals surface area (Å²) >= 11 is 4.44. The lowest BCUT2D eigenvalue weighted by atomic mass is 10.0. The summed E-state index contributed by atoms with van der Waals surface area (Å²) in [5.74, 6) is -0.165. The lowest BCUT2D eigenvalue weighted by Crippen LogP contribution is -2.45. The predicted molar refractivity (Wildman–Crippen MR) is 153 cm³/mol. The first kappa shape index (κ1) is 25.4. The van der Waals surface area contributed by atoms with Crippen LogP contribution in [0.4, 0.5) is 5.69 Å². The van der Waals surface area contributed by atoms with E-state index in [-0.39, 0.29) is 5.56 Å². The van der Waals surface area contributed by atoms with E-state index in [1.165, 1.54) is 0 Å². The van der Waals surface area contributed by atoms with Gasteiger partial charge in [-0.1, -0.05) is 24.3 Å². The maximum atomic E-state index is 13.1. The number of methoxy groups -OCH3 is 1. The van der Waals surface area contributed by atoms with Crippen LogP contribution in [-0.2, 0) is 22.6 Å². The van der Waals surface area contributed by atoms with Crippen molar-refractivity contribution in [1.82, 2.24) is 19.3 Å². The molecule has 1 fully saturated rings. The number of pyridine rings is 2. The van der Waals surface area contributed by atoms with E-state index in [0.717, 1.165) is 33.3 Å². The molecule has 5 aromatic rings. The number of thiol groups is 1. The van der Waals surface area contributed by atoms with E-state index in [0.29, 0.717) is 54.5 Å². The van der Waals surface area contributed by atoms with Gasteiger partial charge in [0.05, 0.1) is 42.7 Å². The fourth-order valence-corrected chi connectivity index (χ4v) is 5.39. The lowest BCUT2D eigenvalue weighted by Gasteiger charge is -2.33. The second-order valence-electron chi connectivity index (χ2n) is 9.72. The minimum absolute atomic E-state index is 0.0357. The van der Waals surface area contributed by atoms with Crippen molar-refractivity contribution in [2.75, 3.05) is 26.1 Å². The monoisotopic (exact) mass is 543 g/mol. The van der Waals surface area contributed by atoms with E-state index >= 15 is 0 Å². The fourth-order valence-electron chi connectivity index (χ4n) is 5.10. The molecule has 200 valence electrons. The smallest absolute Gasteiger partial charge is 0.276 e. The molecular weight excluding hydrogens is 514 g/mol. The zero-order valence-corrected chi connectivity index (χ0v) is 22.6. The number of nitrogens with two attached hydrogens (primary N) is 1. The van der Waals surface area contributed by atoms with Gasteiger partial charge in [0.2, 0.25) is 5.88 Å². The zero-order chi connectivity index (χ0) is 27.1. The Morgan fingerprint density at radius 1 is 1.05 bits per heavy atom. The third kappa shape index (κ3) is 4.64. The highest BCUT2D eigenvalue weighted by Gasteiger charge is 2.41. The maximum absolute atomic E-state index is 13.1. The number of nitrogen functional groups attached to an aromatic ring is 1. The quantitative estimate of drug-likeness (QED) is 0.251. The number of aromatic nitrogens is 4. The van der Waals surface area contributed by atoms with Crippen molar-refractivity contribution in [2.45, 2.75) is 37.1 Å². The molecule has 9 nitrogen and oxygen atoms in total. The Bertz CT molecular complexity index is 1740. The molecule has 0 radical (unpaired) electrons. The molecule has 1 spiro atoms. The molecule has 0 aliphatic carbocycles. The van der Waals surface area contributed by atoms with Gasteiger partial charge in [0.1, 0.15) is 0 Å². The summed E-state index contributed by atoms with van der Waals surface area (Å²) in [4.78, 5) is 22.9. The van der Waals surface area contributed by atoms with Crippen LogP contribution in [0.1, 0.15) is 12.0 Å². The molecule has 0 unspecified atom stereocenters. The van der Waals surface area contributed by atoms with E-state index in [1.54, 1.807) is 18.0 Å². The SMILES string of the molecule is COc1ncc(-c2ccc3nc4c(cc3c2)c(=O)n2n4CC3(CC2)OCCO3)cc1S.Cc1ccccc1N. The van der Waals surface area contributed by atoms with Crippen molar-refractivity contribution >= 4 is 40.3 Å². The van der Waals surface area contributed by atoms with Crippen LogP contribution in [0, 0.1) is 6.92 Å². The molecule has 0 amide bonds. The Labute approximate surface area is 230 Å². The number of aryl methyl sites for hydroxylation is 1. The summed E-state index contributed by atoms with van der Waals surface area (Å²) in [6, 6.07) is 17.6. The number of para-hydroxylation sites is 1. The Morgan fingerprint density at radius 3 is 2.54 bits per heavy atom. The summed E-state index contributed by atoms with van der Waals surface area (Å²) in [6.07, 6.45) is 2.40. The summed E-state index contributed by atoms with van der Waals surface area (Å²) in [6.45, 7) is 4.16. The van der Waals surface area contributed by atoms with Crippen molar-refractivity contribution in [1.29, 1.82) is 0 Å². The van der Waals surface area contributed by atoms with Gasteiger partial charge < -0.3 is 19.9 Å². The number of nitrogens with zero attached hydrogens (tertiary/aromatic N) is 4. The van der Waals surface area contributed by atoms with Gasteiger partial charge in [0.25, 0.3) is 5.56 Å². The number of rotatable bonds is 2. The first-order valence-electron chi connectivity index (χ1n) is 12.7. The first-order valence-corrected chi connectivity index (χ1v) is 13.2. The second kappa shape index (κ2) is 10.0. The number of anilines is 1. The molecule has 2 aromatic carbocycles. The van der Waals surface area contributed by atoms with Gasteiger partial charge in [0.15, 0.2) is 11.4 Å². The minimum atomic E-state index is -0.648. The van der Waals surface area contributed by atoms with E-state index in [1.807, 2.05) is 66.2 Å². The van der Waals surface area contributed by atoms with Crippen LogP contribution in [0.2, 0.25) is 0 Å². The maximum Gasteiger partial charge on any atom is 0.276 e. The van der Waals surface area contributed by atoms with Gasteiger partial charge in [0, 0.05) is 35.8 Å². The molecule has 0 bridgehead atoms. The number of hydrogen-bond acceptors (Lipinski definition) is 8. The number of ether oxygens (including phenoxy) is 3. The van der Waals surface area contributed by atoms with Crippen LogP contribution in [-0.4, -0.2) is 45.4 Å². The van der Waals surface area contributed by atoms with Crippen LogP contribution in [0.15, 0.2) is 70.5 Å². The van der Waals surface area contributed by atoms with Crippen molar-refractivity contribution < 1.29 is 14.2 Å². The Hall–Kier alpha value is -3.86. The molecule has 5 heterocycles. The van der Waals surface area contributed by atoms with Crippen LogP contribution in [0.25, 0.3) is 33.1 Å². The van der Waals surface area contributed by atoms with Crippen molar-refractivity contribution in [3.8, 4) is 17.0 Å². The molecule has 7 rings (SSSR count). The number of fused-ring (bicyclic) bond motifs is 4. The van der Waals surface area contributed by atoms with Gasteiger partial charge in [-0.15, -0.1) is 12.6 Å². The molecule has 2 N–H and O–H groups in total. The minimum Gasteiger partial charge on any atom is -0.480 e. The van der Waals surface area contributed by atoms with Gasteiger partial charge in [-0.05, 0) is 48.4 Å². The molecule has 0 saturated carbocycles. The van der Waals surface area contributed by atoms with Gasteiger partial charge in [-0.3, -0.25) is 9.48 Å². The molecule has 10 heteroatoms. The zero-order valence-electron chi connectivity index (χ0n) is 21.8. The van der Waals surface area contributed by atoms with Crippen molar-refractivity contribution in [2.24, 2.45) is 0 Å². The third-order valence-electron chi connectivity index (χ3n) is 7.25. The summed E-state index contributed by atoms with van der Waals surface area (Å²) in [5, 5.41) is 1.49. The van der Waals surface area contributed by atoms with Gasteiger partial charge in [-0.2, -0.15) is 0 Å². The largest absolute Gasteiger partial charge is 0.480 e. The van der Waals surface area contributed by atoms with E-state index < -0.39 is 5.79 Å². The van der Waals surface area contributed by atoms with Crippen LogP contribution in [0.5, 0.6) is 5.88 Å². The molecule has 2 aliphatic heterocycles. The average molecular weight is 544 g/mol. The topological polar surface area (TPSA) is 106 Å². The highest BCUT2D eigenvalue weighted by Crippen LogP contribution is 2.33. The molecule has 2 aliphatic rings. The van der Waals surface area contributed by atoms with Crippen molar-refractivity contribution in [3.05, 3.63) is 76.7 Å². The number of hydrogen-bond donors (Lipinski definition) is 2. The van der Waals surface area contributed by atoms with Crippen molar-refractivity contribution in [3.63, 3.8) is 0 Å². The highest BCUT2D eigenvalue weighted by atomic mass is 32.1. The van der Waals surface area contributed by atoms with Crippen LogP contribution < -0.4 is 16.0 Å². The van der Waals surface area contributed by atoms with E-state index in [9.17, 15) is 4.79 Å². The molecular formula is C29H29N5O4S. The van der Waals surface area contributed by atoms with E-state index in [2.05, 4.69) is 17.6 Å². The summed E-state index contributed by atoms with van der Waals surface area (Å²) in [5.41, 5.74) is 10.9. The van der Waals surface area contributed by atoms with Gasteiger partial charge >= 0.3 is 0 Å². The fraction of sp³-hybridized carbons (Fsp3) is 0.276. The molecule has 39 heavy (non-hydrogen) atoms. The first-order chi connectivity index (χ1) is 18.9. The summed E-state index contributed by atoms with van der Waals surface area (Å²) in [7, 11) is 1.57. The Kier molecular flexibility index (Phi) is 6.54. The normalized spacial score (nSPS) is 15.8. The molecule has 3 aromatic heterocycles. The van der Waals surface area contributed by atoms with Crippen LogP contribution in [0.3, 0.4) is 0 Å². The average Bonchev–Trinajstić information content (AvgIpc) is 3.51. The van der Waals surface area contributed by atoms with E-state index in [4.69, 9.17) is 24.9 Å². The predicted octanol–water partition coefficient (Wildman–Crippen LogP) is 4.43.